The number of thiol groups is 1. The second-order valence-corrected chi connectivity index (χ2v) is 2.98. The molecule has 1 aromatic heterocycles. The second-order valence-electron chi connectivity index (χ2n) is 1.82. The molecule has 58 valence electrons. The Hall–Kier alpha value is -0.680. The van der Waals surface area contributed by atoms with Crippen LogP contribution >= 0.6 is 24.8 Å². The first-order chi connectivity index (χ1) is 5.29. The van der Waals surface area contributed by atoms with Gasteiger partial charge in [0.25, 0.3) is 0 Å². The Morgan fingerprint density at radius 3 is 2.73 bits per heavy atom. The molecule has 0 amide bonds. The van der Waals surface area contributed by atoms with Gasteiger partial charge in [0.1, 0.15) is 10.1 Å². The lowest BCUT2D eigenvalue weighted by Gasteiger charge is -1.99. The van der Waals surface area contributed by atoms with Crippen LogP contribution in [-0.2, 0) is 6.54 Å². The summed E-state index contributed by atoms with van der Waals surface area (Å²) in [5, 5.41) is 2.83. The summed E-state index contributed by atoms with van der Waals surface area (Å²) >= 11 is 8.59. The molecule has 0 spiro atoms. The van der Waals surface area contributed by atoms with Crippen LogP contribution in [0.5, 0.6) is 0 Å². The van der Waals surface area contributed by atoms with Crippen molar-refractivity contribution in [2.24, 2.45) is 0 Å². The van der Waals surface area contributed by atoms with Crippen molar-refractivity contribution in [1.82, 2.24) is 15.3 Å². The summed E-state index contributed by atoms with van der Waals surface area (Å²) in [6.45, 7) is 0.531. The number of nitrogens with zero attached hydrogens (tertiary/aromatic N) is 2. The third-order valence-electron chi connectivity index (χ3n) is 1.02. The van der Waals surface area contributed by atoms with Crippen molar-refractivity contribution in [3.63, 3.8) is 0 Å². The number of rotatable bonds is 2. The average molecular weight is 185 g/mol. The minimum Gasteiger partial charge on any atom is -0.364 e. The maximum absolute atomic E-state index is 4.69. The predicted octanol–water partition coefficient (Wildman–Crippen LogP) is 0.781. The van der Waals surface area contributed by atoms with E-state index in [0.717, 1.165) is 0 Å². The summed E-state index contributed by atoms with van der Waals surface area (Å²) < 4.78 is 0.456. The van der Waals surface area contributed by atoms with Gasteiger partial charge in [0, 0.05) is 12.4 Å². The number of hydrogen-bond donors (Lipinski definition) is 2. The first kappa shape index (κ1) is 8.42. The zero-order valence-electron chi connectivity index (χ0n) is 5.69. The van der Waals surface area contributed by atoms with Crippen molar-refractivity contribution in [2.75, 3.05) is 0 Å². The lowest BCUT2D eigenvalue weighted by atomic mass is 10.5. The zero-order chi connectivity index (χ0) is 8.10. The first-order valence-corrected chi connectivity index (χ1v) is 3.87. The van der Waals surface area contributed by atoms with Crippen LogP contribution < -0.4 is 5.32 Å². The van der Waals surface area contributed by atoms with Crippen molar-refractivity contribution in [2.45, 2.75) is 6.54 Å². The number of hydrogen-bond acceptors (Lipinski definition) is 3. The van der Waals surface area contributed by atoms with Gasteiger partial charge in [-0.05, 0) is 6.07 Å². The Morgan fingerprint density at radius 1 is 1.55 bits per heavy atom. The number of thiocarbonyl (C=S) groups is 1. The van der Waals surface area contributed by atoms with Gasteiger partial charge >= 0.3 is 0 Å². The van der Waals surface area contributed by atoms with E-state index >= 15 is 0 Å². The van der Waals surface area contributed by atoms with E-state index in [1.165, 1.54) is 0 Å². The summed E-state index contributed by atoms with van der Waals surface area (Å²) in [5.74, 6) is 0.712. The van der Waals surface area contributed by atoms with Gasteiger partial charge in [-0.2, -0.15) is 0 Å². The van der Waals surface area contributed by atoms with Gasteiger partial charge in [-0.3, -0.25) is 0 Å². The van der Waals surface area contributed by atoms with E-state index in [0.29, 0.717) is 16.7 Å². The molecule has 1 N–H and O–H groups in total. The summed E-state index contributed by atoms with van der Waals surface area (Å²) in [6, 6.07) is 1.77. The SMILES string of the molecule is S=C(S)NCc1ncccn1. The fraction of sp³-hybridized carbons (Fsp3) is 0.167. The lowest BCUT2D eigenvalue weighted by molar-refractivity contribution is 0.838. The van der Waals surface area contributed by atoms with Gasteiger partial charge in [-0.1, -0.05) is 12.2 Å². The smallest absolute Gasteiger partial charge is 0.147 e. The van der Waals surface area contributed by atoms with E-state index in [-0.39, 0.29) is 0 Å². The molecular formula is C6H7N3S2. The quantitative estimate of drug-likeness (QED) is 0.527. The number of aromatic nitrogens is 2. The second kappa shape index (κ2) is 4.25. The van der Waals surface area contributed by atoms with Crippen LogP contribution in [0, 0.1) is 0 Å². The van der Waals surface area contributed by atoms with Crippen LogP contribution in [0.15, 0.2) is 18.5 Å². The van der Waals surface area contributed by atoms with Crippen LogP contribution in [0.3, 0.4) is 0 Å². The van der Waals surface area contributed by atoms with Crippen LogP contribution in [-0.4, -0.2) is 14.3 Å². The number of nitrogens with one attached hydrogen (secondary N) is 1. The van der Waals surface area contributed by atoms with Crippen molar-refractivity contribution >= 4 is 29.2 Å². The molecule has 0 atom stereocenters. The first-order valence-electron chi connectivity index (χ1n) is 3.02. The van der Waals surface area contributed by atoms with Crippen LogP contribution in [0.25, 0.3) is 0 Å². The zero-order valence-corrected chi connectivity index (χ0v) is 7.40. The van der Waals surface area contributed by atoms with Gasteiger partial charge in [0.2, 0.25) is 0 Å². The molecule has 0 aliphatic heterocycles. The lowest BCUT2D eigenvalue weighted by Crippen LogP contribution is -2.16. The average Bonchev–Trinajstić information content (AvgIpc) is 2.03. The van der Waals surface area contributed by atoms with Crippen LogP contribution in [0.4, 0.5) is 0 Å². The summed E-state index contributed by atoms with van der Waals surface area (Å²) in [7, 11) is 0. The molecule has 0 aliphatic carbocycles. The molecule has 0 fully saturated rings. The van der Waals surface area contributed by atoms with Crippen molar-refractivity contribution in [1.29, 1.82) is 0 Å². The summed E-state index contributed by atoms with van der Waals surface area (Å²) in [6.07, 6.45) is 3.37. The molecule has 0 aliphatic rings. The highest BCUT2D eigenvalue weighted by Crippen LogP contribution is 1.87. The Kier molecular flexibility index (Phi) is 3.25. The van der Waals surface area contributed by atoms with Gasteiger partial charge in [0.05, 0.1) is 6.54 Å². The highest BCUT2D eigenvalue weighted by atomic mass is 32.1. The fourth-order valence-corrected chi connectivity index (χ4v) is 0.727. The monoisotopic (exact) mass is 185 g/mol. The molecule has 0 unspecified atom stereocenters. The van der Waals surface area contributed by atoms with E-state index < -0.39 is 0 Å². The molecule has 5 heteroatoms. The third-order valence-corrected chi connectivity index (χ3v) is 1.32. The molecule has 1 rings (SSSR count). The molecule has 0 bridgehead atoms. The van der Waals surface area contributed by atoms with Gasteiger partial charge in [0.15, 0.2) is 0 Å². The molecule has 1 aromatic rings. The normalized spacial score (nSPS) is 9.18. The van der Waals surface area contributed by atoms with Crippen LogP contribution in [0.2, 0.25) is 0 Å². The standard InChI is InChI=1S/C6H7N3S2/c10-6(11)9-4-5-7-2-1-3-8-5/h1-3H,4H2,(H2,9,10,11). The van der Waals surface area contributed by atoms with Crippen molar-refractivity contribution in [3.05, 3.63) is 24.3 Å². The van der Waals surface area contributed by atoms with E-state index in [1.807, 2.05) is 0 Å². The Labute approximate surface area is 75.7 Å². The Bertz CT molecular complexity index is 237. The van der Waals surface area contributed by atoms with E-state index in [2.05, 4.69) is 27.9 Å². The summed E-state index contributed by atoms with van der Waals surface area (Å²) in [4.78, 5) is 7.97. The molecule has 0 aromatic carbocycles. The molecular weight excluding hydrogens is 178 g/mol. The van der Waals surface area contributed by atoms with Crippen LogP contribution in [0.1, 0.15) is 5.82 Å². The van der Waals surface area contributed by atoms with Gasteiger partial charge in [-0.25, -0.2) is 9.97 Å². The van der Waals surface area contributed by atoms with Gasteiger partial charge < -0.3 is 5.32 Å². The van der Waals surface area contributed by atoms with E-state index in [4.69, 9.17) is 12.2 Å². The highest BCUT2D eigenvalue weighted by Gasteiger charge is 1.92. The summed E-state index contributed by atoms with van der Waals surface area (Å²) in [5.41, 5.74) is 0. The van der Waals surface area contributed by atoms with Crippen molar-refractivity contribution in [3.8, 4) is 0 Å². The Morgan fingerprint density at radius 2 is 2.18 bits per heavy atom. The molecule has 3 nitrogen and oxygen atoms in total. The molecule has 0 saturated heterocycles. The predicted molar refractivity (Wildman–Crippen MR) is 50.5 cm³/mol. The molecule has 0 radical (unpaired) electrons. The molecule has 1 heterocycles. The van der Waals surface area contributed by atoms with Gasteiger partial charge in [-0.15, -0.1) is 12.6 Å². The highest BCUT2D eigenvalue weighted by molar-refractivity contribution is 8.11. The largest absolute Gasteiger partial charge is 0.364 e. The Balaban J connectivity index is 2.45. The maximum atomic E-state index is 4.69. The fourth-order valence-electron chi connectivity index (χ4n) is 0.576. The molecule has 11 heavy (non-hydrogen) atoms. The topological polar surface area (TPSA) is 37.8 Å². The molecule has 0 saturated carbocycles. The minimum atomic E-state index is 0.456. The minimum absolute atomic E-state index is 0.456. The van der Waals surface area contributed by atoms with E-state index in [9.17, 15) is 0 Å². The third kappa shape index (κ3) is 3.29. The maximum Gasteiger partial charge on any atom is 0.147 e. The van der Waals surface area contributed by atoms with Crippen molar-refractivity contribution < 1.29 is 0 Å². The van der Waals surface area contributed by atoms with E-state index in [1.54, 1.807) is 18.5 Å².